The van der Waals surface area contributed by atoms with E-state index in [-0.39, 0.29) is 12.2 Å². The summed E-state index contributed by atoms with van der Waals surface area (Å²) in [6.07, 6.45) is 2.27. The molecule has 0 atom stereocenters. The third kappa shape index (κ3) is 2.97. The lowest BCUT2D eigenvalue weighted by atomic mass is 10.3. The van der Waals surface area contributed by atoms with E-state index in [2.05, 4.69) is 20.3 Å². The number of anilines is 1. The molecule has 0 fully saturated rings. The first-order valence-corrected chi connectivity index (χ1v) is 5.05. The topological polar surface area (TPSA) is 88.0 Å². The van der Waals surface area contributed by atoms with Crippen LogP contribution in [-0.4, -0.2) is 26.0 Å². The number of nitrogens with one attached hydrogen (secondary N) is 1. The molecule has 7 heteroatoms. The molecule has 0 aliphatic heterocycles. The van der Waals surface area contributed by atoms with Crippen LogP contribution >= 0.6 is 0 Å². The van der Waals surface area contributed by atoms with Crippen molar-refractivity contribution >= 4 is 11.8 Å². The van der Waals surface area contributed by atoms with Crippen LogP contribution < -0.4 is 5.32 Å². The van der Waals surface area contributed by atoms with Crippen molar-refractivity contribution in [2.24, 2.45) is 0 Å². The van der Waals surface area contributed by atoms with Gasteiger partial charge >= 0.3 is 5.97 Å². The van der Waals surface area contributed by atoms with E-state index in [9.17, 15) is 9.18 Å². The Balaban J connectivity index is 2.04. The number of hydrogen-bond donors (Lipinski definition) is 2. The fraction of sp³-hybridized carbons (Fsp3) is 0.0909. The first-order valence-electron chi connectivity index (χ1n) is 5.05. The molecule has 18 heavy (non-hydrogen) atoms. The highest BCUT2D eigenvalue weighted by Gasteiger charge is 2.05. The molecule has 0 aromatic carbocycles. The molecule has 0 aliphatic rings. The van der Waals surface area contributed by atoms with E-state index in [4.69, 9.17) is 5.11 Å². The van der Waals surface area contributed by atoms with Gasteiger partial charge in [0.2, 0.25) is 0 Å². The largest absolute Gasteiger partial charge is 0.477 e. The average Bonchev–Trinajstić information content (AvgIpc) is 2.38. The van der Waals surface area contributed by atoms with Gasteiger partial charge in [-0.3, -0.25) is 0 Å². The SMILES string of the molecule is O=C(O)c1cc(CNc2ccc(F)cn2)ncn1. The lowest BCUT2D eigenvalue weighted by molar-refractivity contribution is 0.0690. The van der Waals surface area contributed by atoms with Gasteiger partial charge in [-0.1, -0.05) is 0 Å². The number of halogens is 1. The summed E-state index contributed by atoms with van der Waals surface area (Å²) in [4.78, 5) is 22.0. The van der Waals surface area contributed by atoms with E-state index in [0.717, 1.165) is 6.20 Å². The van der Waals surface area contributed by atoms with Crippen LogP contribution in [0.1, 0.15) is 16.2 Å². The van der Waals surface area contributed by atoms with Crippen LogP contribution in [0.15, 0.2) is 30.7 Å². The Labute approximate surface area is 102 Å². The summed E-state index contributed by atoms with van der Waals surface area (Å²) in [7, 11) is 0. The number of carbonyl (C=O) groups is 1. The average molecular weight is 248 g/mol. The zero-order valence-electron chi connectivity index (χ0n) is 9.17. The number of pyridine rings is 1. The quantitative estimate of drug-likeness (QED) is 0.848. The first kappa shape index (κ1) is 11.9. The number of carboxylic acids is 1. The minimum atomic E-state index is -1.11. The van der Waals surface area contributed by atoms with E-state index >= 15 is 0 Å². The molecule has 6 nitrogen and oxygen atoms in total. The molecule has 2 aromatic rings. The Morgan fingerprint density at radius 2 is 2.17 bits per heavy atom. The summed E-state index contributed by atoms with van der Waals surface area (Å²) < 4.78 is 12.6. The molecule has 0 aliphatic carbocycles. The molecule has 0 amide bonds. The minimum absolute atomic E-state index is 0.0751. The molecular weight excluding hydrogens is 239 g/mol. The Kier molecular flexibility index (Phi) is 3.42. The highest BCUT2D eigenvalue weighted by atomic mass is 19.1. The summed E-state index contributed by atoms with van der Waals surface area (Å²) in [6.45, 7) is 0.279. The van der Waals surface area contributed by atoms with E-state index < -0.39 is 11.8 Å². The smallest absolute Gasteiger partial charge is 0.354 e. The number of rotatable bonds is 4. The minimum Gasteiger partial charge on any atom is -0.477 e. The van der Waals surface area contributed by atoms with Crippen molar-refractivity contribution in [3.8, 4) is 0 Å². The van der Waals surface area contributed by atoms with Crippen molar-refractivity contribution in [3.63, 3.8) is 0 Å². The van der Waals surface area contributed by atoms with E-state index in [1.165, 1.54) is 24.5 Å². The molecule has 2 heterocycles. The zero-order valence-corrected chi connectivity index (χ0v) is 9.17. The fourth-order valence-electron chi connectivity index (χ4n) is 1.27. The predicted octanol–water partition coefficient (Wildman–Crippen LogP) is 1.32. The van der Waals surface area contributed by atoms with Crippen LogP contribution in [0.25, 0.3) is 0 Å². The van der Waals surface area contributed by atoms with Gasteiger partial charge in [-0.05, 0) is 18.2 Å². The highest BCUT2D eigenvalue weighted by Crippen LogP contribution is 2.06. The summed E-state index contributed by atoms with van der Waals surface area (Å²) in [6, 6.07) is 4.12. The second-order valence-electron chi connectivity index (χ2n) is 3.41. The molecule has 0 radical (unpaired) electrons. The maximum Gasteiger partial charge on any atom is 0.354 e. The fourth-order valence-corrected chi connectivity index (χ4v) is 1.27. The third-order valence-corrected chi connectivity index (χ3v) is 2.12. The number of aromatic nitrogens is 3. The second kappa shape index (κ2) is 5.17. The number of carboxylic acid groups (broad SMARTS) is 1. The zero-order chi connectivity index (χ0) is 13.0. The van der Waals surface area contributed by atoms with Crippen LogP contribution in [0, 0.1) is 5.82 Å². The molecule has 2 rings (SSSR count). The van der Waals surface area contributed by atoms with E-state index in [0.29, 0.717) is 11.5 Å². The summed E-state index contributed by atoms with van der Waals surface area (Å²) in [5.74, 6) is -1.05. The van der Waals surface area contributed by atoms with Gasteiger partial charge in [-0.15, -0.1) is 0 Å². The van der Waals surface area contributed by atoms with Crippen molar-refractivity contribution in [3.05, 3.63) is 47.9 Å². The van der Waals surface area contributed by atoms with Gasteiger partial charge < -0.3 is 10.4 Å². The standard InChI is InChI=1S/C11H9FN4O2/c12-7-1-2-10(13-4-7)14-5-8-3-9(11(17)18)16-6-15-8/h1-4,6H,5H2,(H,13,14)(H,17,18). The molecule has 0 unspecified atom stereocenters. The lowest BCUT2D eigenvalue weighted by Gasteiger charge is -2.04. The molecule has 0 saturated heterocycles. The maximum absolute atomic E-state index is 12.6. The Morgan fingerprint density at radius 3 is 2.83 bits per heavy atom. The second-order valence-corrected chi connectivity index (χ2v) is 3.41. The van der Waals surface area contributed by atoms with Crippen LogP contribution in [0.4, 0.5) is 10.2 Å². The Morgan fingerprint density at radius 1 is 1.33 bits per heavy atom. The first-order chi connectivity index (χ1) is 8.65. The van der Waals surface area contributed by atoms with E-state index in [1.54, 1.807) is 0 Å². The van der Waals surface area contributed by atoms with Gasteiger partial charge in [-0.25, -0.2) is 24.1 Å². The van der Waals surface area contributed by atoms with Crippen molar-refractivity contribution < 1.29 is 14.3 Å². The van der Waals surface area contributed by atoms with Gasteiger partial charge in [0, 0.05) is 0 Å². The molecule has 92 valence electrons. The van der Waals surface area contributed by atoms with Crippen molar-refractivity contribution in [2.75, 3.05) is 5.32 Å². The number of nitrogens with zero attached hydrogens (tertiary/aromatic N) is 3. The van der Waals surface area contributed by atoms with Gasteiger partial charge in [0.25, 0.3) is 0 Å². The highest BCUT2D eigenvalue weighted by molar-refractivity contribution is 5.85. The predicted molar refractivity (Wildman–Crippen MR) is 60.5 cm³/mol. The number of hydrogen-bond acceptors (Lipinski definition) is 5. The Bertz CT molecular complexity index is 559. The normalized spacial score (nSPS) is 10.1. The van der Waals surface area contributed by atoms with Gasteiger partial charge in [-0.2, -0.15) is 0 Å². The molecular formula is C11H9FN4O2. The van der Waals surface area contributed by atoms with Crippen molar-refractivity contribution in [2.45, 2.75) is 6.54 Å². The van der Waals surface area contributed by atoms with Gasteiger partial charge in [0.1, 0.15) is 18.0 Å². The molecule has 0 saturated carbocycles. The van der Waals surface area contributed by atoms with Gasteiger partial charge in [0.05, 0.1) is 18.4 Å². The molecule has 2 N–H and O–H groups in total. The van der Waals surface area contributed by atoms with Crippen LogP contribution in [-0.2, 0) is 6.54 Å². The van der Waals surface area contributed by atoms with Crippen molar-refractivity contribution in [1.82, 2.24) is 15.0 Å². The summed E-state index contributed by atoms with van der Waals surface area (Å²) >= 11 is 0. The summed E-state index contributed by atoms with van der Waals surface area (Å²) in [5.41, 5.74) is 0.433. The Hall–Kier alpha value is -2.57. The van der Waals surface area contributed by atoms with E-state index in [1.807, 2.05) is 0 Å². The molecule has 2 aromatic heterocycles. The van der Waals surface area contributed by atoms with Gasteiger partial charge in [0.15, 0.2) is 5.69 Å². The van der Waals surface area contributed by atoms with Crippen LogP contribution in [0.3, 0.4) is 0 Å². The van der Waals surface area contributed by atoms with Crippen molar-refractivity contribution in [1.29, 1.82) is 0 Å². The summed E-state index contributed by atoms with van der Waals surface area (Å²) in [5, 5.41) is 11.7. The number of aromatic carboxylic acids is 1. The monoisotopic (exact) mass is 248 g/mol. The molecule has 0 bridgehead atoms. The molecule has 0 spiro atoms. The third-order valence-electron chi connectivity index (χ3n) is 2.12. The lowest BCUT2D eigenvalue weighted by Crippen LogP contribution is -2.07. The van der Waals surface area contributed by atoms with Crippen LogP contribution in [0.2, 0.25) is 0 Å². The maximum atomic E-state index is 12.6. The van der Waals surface area contributed by atoms with Crippen LogP contribution in [0.5, 0.6) is 0 Å².